The van der Waals surface area contributed by atoms with Crippen molar-refractivity contribution in [2.45, 2.75) is 101 Å². The lowest BCUT2D eigenvalue weighted by Crippen LogP contribution is -2.69. The molecule has 0 aliphatic carbocycles. The summed E-state index contributed by atoms with van der Waals surface area (Å²) < 4.78 is 48.5. The number of piperazine rings is 1. The van der Waals surface area contributed by atoms with Crippen LogP contribution in [0.15, 0.2) is 18.2 Å². The Morgan fingerprint density at radius 1 is 1.00 bits per heavy atom. The van der Waals surface area contributed by atoms with Crippen LogP contribution in [-0.4, -0.2) is 104 Å². The fourth-order valence-electron chi connectivity index (χ4n) is 10.6. The van der Waals surface area contributed by atoms with Gasteiger partial charge in [-0.15, -0.1) is 11.8 Å². The second kappa shape index (κ2) is 15.1. The van der Waals surface area contributed by atoms with Gasteiger partial charge in [0, 0.05) is 53.6 Å². The van der Waals surface area contributed by atoms with Crippen molar-refractivity contribution in [2.75, 3.05) is 47.0 Å². The Hall–Kier alpha value is -5.41. The first-order chi connectivity index (χ1) is 29.5. The standard InChI is InChI=1S/C45H50N4O12S/c1-20-12-24-13-26-27(16-46)49-28-17-56-42(52)45(25-15-30(54-8)29(51)14-23(25)10-11-47-45)18-62-41(33-32(28)39-38(57-19-58-39)21(2)37(33)59-22(3)50)35(49)34(48(26)7)31(24)40(36(20)55-9)60-43(53)61-44(4,5)6/h12,14-15,26-28,34-35,41,47,51H,10-11,13,17-19H2,1-9H3/t26-,27+,28-,34-,35?,41-,45-/m1/s1. The summed E-state index contributed by atoms with van der Waals surface area (Å²) in [7, 11) is 4.95. The molecule has 7 atom stereocenters. The average molecular weight is 871 g/mol. The minimum Gasteiger partial charge on any atom is -0.504 e. The third-order valence-electron chi connectivity index (χ3n) is 13.0. The van der Waals surface area contributed by atoms with E-state index in [0.29, 0.717) is 70.2 Å². The molecule has 7 aliphatic rings. The number of hydrogen-bond donors (Lipinski definition) is 2. The molecule has 4 bridgehead atoms. The number of hydrogen-bond acceptors (Lipinski definition) is 17. The van der Waals surface area contributed by atoms with Crippen LogP contribution in [0.3, 0.4) is 0 Å². The normalized spacial score (nSPS) is 27.1. The zero-order chi connectivity index (χ0) is 44.2. The first-order valence-electron chi connectivity index (χ1n) is 20.6. The fraction of sp³-hybridized carbons (Fsp3) is 0.511. The molecule has 16 nitrogen and oxygen atoms in total. The summed E-state index contributed by atoms with van der Waals surface area (Å²) in [6, 6.07) is 4.85. The minimum atomic E-state index is -1.41. The number of ether oxygens (including phenoxy) is 8. The van der Waals surface area contributed by atoms with Crippen molar-refractivity contribution < 1.29 is 57.4 Å². The highest BCUT2D eigenvalue weighted by Crippen LogP contribution is 2.65. The monoisotopic (exact) mass is 870 g/mol. The number of carbonyl (C=O) groups is 3. The van der Waals surface area contributed by atoms with Gasteiger partial charge in [-0.05, 0) is 88.9 Å². The SMILES string of the molecule is COc1cc2c(cc1O)CCN[C@]21CS[C@@H]2c3c(OC(C)=O)c(C)c4c(c3[C@@H](COC1=O)N1C2[C@H]2c3c(cc(C)c(OC)c3OC(=O)OC(C)(C)C)C[C@H]([C@@H]1C#N)N2C)OCO4. The summed E-state index contributed by atoms with van der Waals surface area (Å²) >= 11 is 1.45. The number of esters is 2. The van der Waals surface area contributed by atoms with E-state index in [9.17, 15) is 24.8 Å². The lowest BCUT2D eigenvalue weighted by atomic mass is 9.71. The number of nitrogens with zero attached hydrogens (tertiary/aromatic N) is 3. The summed E-state index contributed by atoms with van der Waals surface area (Å²) in [6.45, 7) is 10.4. The molecule has 0 saturated carbocycles. The van der Waals surface area contributed by atoms with Crippen molar-refractivity contribution in [3.63, 3.8) is 0 Å². The number of carbonyl (C=O) groups excluding carboxylic acids is 3. The molecule has 17 heteroatoms. The quantitative estimate of drug-likeness (QED) is 0.187. The predicted octanol–water partition coefficient (Wildman–Crippen LogP) is 5.60. The lowest BCUT2D eigenvalue weighted by Gasteiger charge is -2.62. The maximum atomic E-state index is 14.9. The first-order valence-corrected chi connectivity index (χ1v) is 21.7. The number of thioether (sulfide) groups is 1. The van der Waals surface area contributed by atoms with Gasteiger partial charge < -0.3 is 43.0 Å². The molecule has 62 heavy (non-hydrogen) atoms. The van der Waals surface area contributed by atoms with Crippen molar-refractivity contribution in [1.82, 2.24) is 15.1 Å². The lowest BCUT2D eigenvalue weighted by molar-refractivity contribution is -0.157. The van der Waals surface area contributed by atoms with Crippen LogP contribution in [0.2, 0.25) is 0 Å². The average Bonchev–Trinajstić information content (AvgIpc) is 3.70. The summed E-state index contributed by atoms with van der Waals surface area (Å²) in [5.74, 6) is 0.885. The third-order valence-corrected chi connectivity index (χ3v) is 14.5. The molecule has 7 heterocycles. The Balaban J connectivity index is 1.33. The summed E-state index contributed by atoms with van der Waals surface area (Å²) in [5, 5.41) is 25.0. The van der Waals surface area contributed by atoms with Crippen molar-refractivity contribution >= 4 is 29.9 Å². The molecule has 2 fully saturated rings. The number of phenols is 1. The number of benzene rings is 3. The Labute approximate surface area is 363 Å². The first kappa shape index (κ1) is 41.9. The van der Waals surface area contributed by atoms with Crippen molar-refractivity contribution in [3.05, 3.63) is 62.7 Å². The number of fused-ring (bicyclic) bond motifs is 9. The Bertz CT molecular complexity index is 2460. The Morgan fingerprint density at radius 2 is 1.76 bits per heavy atom. The molecule has 3 aromatic carbocycles. The van der Waals surface area contributed by atoms with E-state index < -0.39 is 58.7 Å². The van der Waals surface area contributed by atoms with Crippen LogP contribution in [0.4, 0.5) is 4.79 Å². The summed E-state index contributed by atoms with van der Waals surface area (Å²) in [5.41, 5.74) is 3.23. The Morgan fingerprint density at radius 3 is 2.45 bits per heavy atom. The van der Waals surface area contributed by atoms with Crippen LogP contribution in [0.25, 0.3) is 0 Å². The van der Waals surface area contributed by atoms with Gasteiger partial charge in [0.1, 0.15) is 24.0 Å². The number of aromatic hydroxyl groups is 1. The van der Waals surface area contributed by atoms with Gasteiger partial charge in [0.05, 0.1) is 37.6 Å². The number of likely N-dealkylation sites (N-methyl/N-ethyl adjacent to an activating group) is 1. The van der Waals surface area contributed by atoms with E-state index in [1.807, 2.05) is 27.0 Å². The van der Waals surface area contributed by atoms with Crippen LogP contribution in [0.5, 0.6) is 40.2 Å². The molecule has 2 saturated heterocycles. The number of methoxy groups -OCH3 is 2. The molecule has 3 aromatic rings. The van der Waals surface area contributed by atoms with Crippen LogP contribution >= 0.6 is 11.8 Å². The zero-order valence-corrected chi connectivity index (χ0v) is 36.9. The van der Waals surface area contributed by atoms with Crippen molar-refractivity contribution in [2.24, 2.45) is 0 Å². The van der Waals surface area contributed by atoms with Crippen LogP contribution in [0, 0.1) is 25.2 Å². The molecule has 0 amide bonds. The smallest absolute Gasteiger partial charge is 0.504 e. The molecule has 1 spiro atoms. The highest BCUT2D eigenvalue weighted by molar-refractivity contribution is 7.99. The van der Waals surface area contributed by atoms with Crippen LogP contribution in [-0.2, 0) is 37.4 Å². The van der Waals surface area contributed by atoms with Gasteiger partial charge in [0.15, 0.2) is 40.0 Å². The van der Waals surface area contributed by atoms with Crippen molar-refractivity contribution in [1.29, 1.82) is 5.26 Å². The Kier molecular flexibility index (Phi) is 10.2. The van der Waals surface area contributed by atoms with E-state index >= 15 is 0 Å². The van der Waals surface area contributed by atoms with Gasteiger partial charge in [0.2, 0.25) is 6.79 Å². The van der Waals surface area contributed by atoms with Crippen molar-refractivity contribution in [3.8, 4) is 46.3 Å². The van der Waals surface area contributed by atoms with Gasteiger partial charge in [-0.3, -0.25) is 19.9 Å². The van der Waals surface area contributed by atoms with E-state index in [2.05, 4.69) is 21.2 Å². The molecule has 10 rings (SSSR count). The molecule has 1 unspecified atom stereocenters. The van der Waals surface area contributed by atoms with Crippen LogP contribution in [0.1, 0.15) is 89.5 Å². The third kappa shape index (κ3) is 6.31. The van der Waals surface area contributed by atoms with Gasteiger partial charge in [-0.2, -0.15) is 5.26 Å². The second-order valence-corrected chi connectivity index (χ2v) is 18.8. The van der Waals surface area contributed by atoms with E-state index in [1.54, 1.807) is 32.9 Å². The van der Waals surface area contributed by atoms with E-state index in [0.717, 1.165) is 16.7 Å². The highest BCUT2D eigenvalue weighted by atomic mass is 32.2. The molecule has 0 aromatic heterocycles. The molecule has 7 aliphatic heterocycles. The van der Waals surface area contributed by atoms with E-state index in [4.69, 9.17) is 37.9 Å². The van der Waals surface area contributed by atoms with Gasteiger partial charge >= 0.3 is 18.1 Å². The maximum absolute atomic E-state index is 14.9. The number of aryl methyl sites for hydroxylation is 1. The van der Waals surface area contributed by atoms with Gasteiger partial charge in [-0.1, -0.05) is 6.07 Å². The molecular formula is C45H50N4O12S. The van der Waals surface area contributed by atoms with Gasteiger partial charge in [0.25, 0.3) is 0 Å². The van der Waals surface area contributed by atoms with E-state index in [1.165, 1.54) is 32.9 Å². The maximum Gasteiger partial charge on any atom is 0.514 e. The number of nitriles is 1. The predicted molar refractivity (Wildman–Crippen MR) is 223 cm³/mol. The minimum absolute atomic E-state index is 0.0428. The number of phenolic OH excluding ortho intramolecular Hbond substituents is 1. The largest absolute Gasteiger partial charge is 0.514 e. The van der Waals surface area contributed by atoms with Crippen LogP contribution < -0.4 is 33.7 Å². The fourth-order valence-corrected chi connectivity index (χ4v) is 12.3. The number of nitrogens with one attached hydrogen (secondary N) is 1. The molecule has 2 N–H and O–H groups in total. The van der Waals surface area contributed by atoms with E-state index in [-0.39, 0.29) is 42.4 Å². The highest BCUT2D eigenvalue weighted by Gasteiger charge is 2.62. The van der Waals surface area contributed by atoms with Gasteiger partial charge in [-0.25, -0.2) is 9.59 Å². The summed E-state index contributed by atoms with van der Waals surface area (Å²) in [4.78, 5) is 46.0. The molecule has 328 valence electrons. The number of rotatable bonds is 4. The topological polar surface area (TPSA) is 188 Å². The zero-order valence-electron chi connectivity index (χ0n) is 36.1. The second-order valence-electron chi connectivity index (χ2n) is 17.6. The molecule has 0 radical (unpaired) electrons. The molecular weight excluding hydrogens is 821 g/mol. The summed E-state index contributed by atoms with van der Waals surface area (Å²) in [6.07, 6.45) is 0.0495.